The highest BCUT2D eigenvalue weighted by atomic mass is 16.3. The van der Waals surface area contributed by atoms with Crippen LogP contribution in [0.1, 0.15) is 22.7 Å². The van der Waals surface area contributed by atoms with Crippen LogP contribution in [0.3, 0.4) is 0 Å². The second-order valence-electron chi connectivity index (χ2n) is 6.96. The van der Waals surface area contributed by atoms with Gasteiger partial charge in [-0.15, -0.1) is 0 Å². The standard InChI is InChI=1S/C24H19NO4/c1-15-7-9-17(10-8-15)22(27)20-21(16-5-3-2-4-6-16)25(24(29)23(20)28)18-11-13-19(26)14-12-18/h2-14,21,26-27H,1H3/b22-20-. The van der Waals surface area contributed by atoms with Crippen LogP contribution in [0.25, 0.3) is 5.76 Å². The van der Waals surface area contributed by atoms with E-state index in [1.165, 1.54) is 17.0 Å². The summed E-state index contributed by atoms with van der Waals surface area (Å²) >= 11 is 0. The van der Waals surface area contributed by atoms with Gasteiger partial charge in [-0.05, 0) is 36.8 Å². The van der Waals surface area contributed by atoms with E-state index in [9.17, 15) is 19.8 Å². The van der Waals surface area contributed by atoms with Gasteiger partial charge in [-0.1, -0.05) is 60.2 Å². The average Bonchev–Trinajstić information content (AvgIpc) is 3.00. The van der Waals surface area contributed by atoms with Crippen molar-refractivity contribution in [1.29, 1.82) is 0 Å². The molecule has 5 heteroatoms. The van der Waals surface area contributed by atoms with Crippen molar-refractivity contribution in [2.24, 2.45) is 0 Å². The number of aliphatic hydroxyl groups is 1. The molecule has 0 saturated carbocycles. The van der Waals surface area contributed by atoms with E-state index in [4.69, 9.17) is 0 Å². The van der Waals surface area contributed by atoms with Crippen LogP contribution >= 0.6 is 0 Å². The van der Waals surface area contributed by atoms with Gasteiger partial charge >= 0.3 is 0 Å². The highest BCUT2D eigenvalue weighted by molar-refractivity contribution is 6.51. The van der Waals surface area contributed by atoms with Crippen molar-refractivity contribution < 1.29 is 19.8 Å². The molecule has 3 aromatic carbocycles. The lowest BCUT2D eigenvalue weighted by Crippen LogP contribution is -2.29. The van der Waals surface area contributed by atoms with Crippen molar-refractivity contribution in [3.05, 3.63) is 101 Å². The van der Waals surface area contributed by atoms with Crippen LogP contribution in [0.4, 0.5) is 5.69 Å². The number of benzene rings is 3. The molecule has 5 nitrogen and oxygen atoms in total. The fourth-order valence-electron chi connectivity index (χ4n) is 3.53. The molecule has 4 rings (SSSR count). The summed E-state index contributed by atoms with van der Waals surface area (Å²) in [5, 5.41) is 20.6. The number of carbonyl (C=O) groups is 2. The second kappa shape index (κ2) is 7.28. The normalized spacial score (nSPS) is 18.2. The molecule has 2 N–H and O–H groups in total. The molecule has 0 aromatic heterocycles. The molecule has 0 bridgehead atoms. The number of carbonyl (C=O) groups excluding carboxylic acids is 2. The van der Waals surface area contributed by atoms with Crippen LogP contribution in [-0.2, 0) is 9.59 Å². The molecule has 1 heterocycles. The Kier molecular flexibility index (Phi) is 4.64. The minimum absolute atomic E-state index is 0.0399. The van der Waals surface area contributed by atoms with Gasteiger partial charge in [-0.25, -0.2) is 0 Å². The van der Waals surface area contributed by atoms with Gasteiger partial charge in [-0.2, -0.15) is 0 Å². The third kappa shape index (κ3) is 3.27. The number of aromatic hydroxyl groups is 1. The molecule has 1 saturated heterocycles. The zero-order valence-electron chi connectivity index (χ0n) is 15.7. The van der Waals surface area contributed by atoms with E-state index in [1.54, 1.807) is 24.3 Å². The van der Waals surface area contributed by atoms with Gasteiger partial charge in [0, 0.05) is 11.3 Å². The number of Topliss-reactive ketones (excluding diaryl/α,β-unsaturated/α-hetero) is 1. The summed E-state index contributed by atoms with van der Waals surface area (Å²) in [6.07, 6.45) is 0. The lowest BCUT2D eigenvalue weighted by molar-refractivity contribution is -0.132. The molecular formula is C24H19NO4. The van der Waals surface area contributed by atoms with Gasteiger partial charge in [0.15, 0.2) is 0 Å². The number of phenolic OH excluding ortho intramolecular Hbond substituents is 1. The summed E-state index contributed by atoms with van der Waals surface area (Å²) in [6, 6.07) is 21.5. The first kappa shape index (κ1) is 18.5. The lowest BCUT2D eigenvalue weighted by Gasteiger charge is -2.25. The molecule has 29 heavy (non-hydrogen) atoms. The first-order valence-electron chi connectivity index (χ1n) is 9.19. The number of hydrogen-bond acceptors (Lipinski definition) is 4. The average molecular weight is 385 g/mol. The zero-order chi connectivity index (χ0) is 20.5. The Bertz CT molecular complexity index is 1100. The lowest BCUT2D eigenvalue weighted by atomic mass is 9.95. The minimum Gasteiger partial charge on any atom is -0.508 e. The number of rotatable bonds is 3. The Morgan fingerprint density at radius 2 is 1.48 bits per heavy atom. The minimum atomic E-state index is -0.776. The van der Waals surface area contributed by atoms with E-state index in [-0.39, 0.29) is 17.1 Å². The highest BCUT2D eigenvalue weighted by Gasteiger charge is 2.46. The molecule has 1 aliphatic heterocycles. The molecule has 3 aromatic rings. The molecule has 0 radical (unpaired) electrons. The van der Waals surface area contributed by atoms with Gasteiger partial charge in [0.25, 0.3) is 11.7 Å². The molecule has 0 aliphatic carbocycles. The summed E-state index contributed by atoms with van der Waals surface area (Å²) in [4.78, 5) is 27.3. The maximum Gasteiger partial charge on any atom is 0.300 e. The van der Waals surface area contributed by atoms with E-state index >= 15 is 0 Å². The van der Waals surface area contributed by atoms with Gasteiger partial charge in [-0.3, -0.25) is 14.5 Å². The van der Waals surface area contributed by atoms with Crippen molar-refractivity contribution in [1.82, 2.24) is 0 Å². The third-order valence-electron chi connectivity index (χ3n) is 5.01. The SMILES string of the molecule is Cc1ccc(/C(O)=C2/C(=O)C(=O)N(c3ccc(O)cc3)C2c2ccccc2)cc1. The van der Waals surface area contributed by atoms with Crippen LogP contribution in [-0.4, -0.2) is 21.9 Å². The third-order valence-corrected chi connectivity index (χ3v) is 5.01. The molecule has 1 unspecified atom stereocenters. The number of aliphatic hydroxyl groups excluding tert-OH is 1. The van der Waals surface area contributed by atoms with Crippen molar-refractivity contribution >= 4 is 23.1 Å². The predicted molar refractivity (Wildman–Crippen MR) is 111 cm³/mol. The summed E-state index contributed by atoms with van der Waals surface area (Å²) in [6.45, 7) is 1.93. The van der Waals surface area contributed by atoms with Crippen molar-refractivity contribution in [2.75, 3.05) is 4.90 Å². The van der Waals surface area contributed by atoms with Crippen molar-refractivity contribution in [3.63, 3.8) is 0 Å². The van der Waals surface area contributed by atoms with E-state index in [2.05, 4.69) is 0 Å². The number of phenols is 1. The Morgan fingerprint density at radius 3 is 2.10 bits per heavy atom. The van der Waals surface area contributed by atoms with Gasteiger partial charge in [0.05, 0.1) is 11.6 Å². The summed E-state index contributed by atoms with van der Waals surface area (Å²) in [5.74, 6) is -1.62. The molecule has 1 atom stereocenters. The predicted octanol–water partition coefficient (Wildman–Crippen LogP) is 4.33. The maximum absolute atomic E-state index is 13.0. The van der Waals surface area contributed by atoms with Crippen LogP contribution in [0.15, 0.2) is 84.4 Å². The smallest absolute Gasteiger partial charge is 0.300 e. The highest BCUT2D eigenvalue weighted by Crippen LogP contribution is 2.42. The fraction of sp³-hybridized carbons (Fsp3) is 0.0833. The van der Waals surface area contributed by atoms with E-state index < -0.39 is 17.7 Å². The zero-order valence-corrected chi connectivity index (χ0v) is 15.7. The monoisotopic (exact) mass is 385 g/mol. The van der Waals surface area contributed by atoms with Gasteiger partial charge in [0.1, 0.15) is 11.5 Å². The summed E-state index contributed by atoms with van der Waals surface area (Å²) in [7, 11) is 0. The number of amides is 1. The topological polar surface area (TPSA) is 77.8 Å². The van der Waals surface area contributed by atoms with Crippen LogP contribution in [0, 0.1) is 6.92 Å². The quantitative estimate of drug-likeness (QED) is 0.400. The molecule has 0 spiro atoms. The first-order valence-corrected chi connectivity index (χ1v) is 9.19. The Morgan fingerprint density at radius 1 is 0.862 bits per heavy atom. The Hall–Kier alpha value is -3.86. The van der Waals surface area contributed by atoms with Crippen LogP contribution < -0.4 is 4.90 Å². The molecule has 1 fully saturated rings. The van der Waals surface area contributed by atoms with Crippen molar-refractivity contribution in [3.8, 4) is 5.75 Å². The largest absolute Gasteiger partial charge is 0.508 e. The summed E-state index contributed by atoms with van der Waals surface area (Å²) < 4.78 is 0. The number of ketones is 1. The number of hydrogen-bond donors (Lipinski definition) is 2. The van der Waals surface area contributed by atoms with E-state index in [0.717, 1.165) is 5.56 Å². The molecular weight excluding hydrogens is 366 g/mol. The number of nitrogens with zero attached hydrogens (tertiary/aromatic N) is 1. The summed E-state index contributed by atoms with van der Waals surface area (Å²) in [5.41, 5.74) is 2.69. The fourth-order valence-corrected chi connectivity index (χ4v) is 3.53. The van der Waals surface area contributed by atoms with E-state index in [0.29, 0.717) is 16.8 Å². The number of aryl methyl sites for hydroxylation is 1. The second-order valence-corrected chi connectivity index (χ2v) is 6.96. The van der Waals surface area contributed by atoms with Crippen molar-refractivity contribution in [2.45, 2.75) is 13.0 Å². The molecule has 144 valence electrons. The molecule has 1 amide bonds. The first-order chi connectivity index (χ1) is 14.0. The molecule has 1 aliphatic rings. The Balaban J connectivity index is 1.93. The Labute approximate surface area is 168 Å². The van der Waals surface area contributed by atoms with Crippen LogP contribution in [0.5, 0.6) is 5.75 Å². The number of anilines is 1. The van der Waals surface area contributed by atoms with E-state index in [1.807, 2.05) is 49.4 Å². The van der Waals surface area contributed by atoms with Crippen LogP contribution in [0.2, 0.25) is 0 Å². The van der Waals surface area contributed by atoms with Gasteiger partial charge in [0.2, 0.25) is 0 Å². The maximum atomic E-state index is 13.0. The van der Waals surface area contributed by atoms with Gasteiger partial charge < -0.3 is 10.2 Å².